The third-order valence-electron chi connectivity index (χ3n) is 5.44. The fraction of sp³-hybridized carbons (Fsp3) is 0.632. The van der Waals surface area contributed by atoms with Crippen LogP contribution in [0.5, 0.6) is 11.5 Å². The average molecular weight is 401 g/mol. The minimum Gasteiger partial charge on any atom is -0.493 e. The van der Waals surface area contributed by atoms with Gasteiger partial charge in [0.2, 0.25) is 5.91 Å². The highest BCUT2D eigenvalue weighted by molar-refractivity contribution is 7.99. The van der Waals surface area contributed by atoms with Crippen LogP contribution in [0.3, 0.4) is 0 Å². The molecule has 1 aromatic carbocycles. The molecule has 1 amide bonds. The molecule has 1 saturated carbocycles. The Morgan fingerprint density at radius 2 is 1.96 bits per heavy atom. The molecule has 1 aliphatic heterocycles. The molecule has 0 spiro atoms. The molecule has 146 valence electrons. The van der Waals surface area contributed by atoms with Crippen LogP contribution in [-0.4, -0.2) is 44.3 Å². The van der Waals surface area contributed by atoms with E-state index in [2.05, 4.69) is 22.8 Å². The van der Waals surface area contributed by atoms with E-state index in [4.69, 9.17) is 9.47 Å². The summed E-state index contributed by atoms with van der Waals surface area (Å²) in [6, 6.07) is 6.13. The van der Waals surface area contributed by atoms with Crippen molar-refractivity contribution in [2.45, 2.75) is 43.6 Å². The molecule has 5 nitrogen and oxygen atoms in total. The number of carbonyl (C=O) groups is 1. The molecule has 0 bridgehead atoms. The average Bonchev–Trinajstić information content (AvgIpc) is 3.21. The van der Waals surface area contributed by atoms with Gasteiger partial charge in [-0.05, 0) is 30.5 Å². The Kier molecular flexibility index (Phi) is 7.92. The molecule has 0 aromatic heterocycles. The number of benzene rings is 1. The highest BCUT2D eigenvalue weighted by Gasteiger charge is 2.36. The maximum atomic E-state index is 12.5. The van der Waals surface area contributed by atoms with E-state index in [0.29, 0.717) is 6.54 Å². The topological polar surface area (TPSA) is 59.6 Å². The van der Waals surface area contributed by atoms with Crippen molar-refractivity contribution in [3.63, 3.8) is 0 Å². The monoisotopic (exact) mass is 400 g/mol. The zero-order valence-electron chi connectivity index (χ0n) is 15.5. The molecule has 1 unspecified atom stereocenters. The molecule has 2 fully saturated rings. The van der Waals surface area contributed by atoms with Crippen molar-refractivity contribution in [1.82, 2.24) is 10.6 Å². The summed E-state index contributed by atoms with van der Waals surface area (Å²) >= 11 is 1.77. The van der Waals surface area contributed by atoms with Gasteiger partial charge in [-0.1, -0.05) is 25.3 Å². The van der Waals surface area contributed by atoms with Crippen LogP contribution in [-0.2, 0) is 10.2 Å². The SMILES string of the molecule is COc1ccc(C2(CNC(=O)C3CSCN3)CCCCC2)cc1OC.Cl. The van der Waals surface area contributed by atoms with Crippen LogP contribution in [0.4, 0.5) is 0 Å². The first-order chi connectivity index (χ1) is 12.2. The molecule has 26 heavy (non-hydrogen) atoms. The highest BCUT2D eigenvalue weighted by Crippen LogP contribution is 2.42. The first-order valence-electron chi connectivity index (χ1n) is 9.00. The molecule has 1 aliphatic carbocycles. The predicted octanol–water partition coefficient (Wildman–Crippen LogP) is 3.11. The molecule has 7 heteroatoms. The van der Waals surface area contributed by atoms with Crippen molar-refractivity contribution in [1.29, 1.82) is 0 Å². The van der Waals surface area contributed by atoms with E-state index < -0.39 is 0 Å². The lowest BCUT2D eigenvalue weighted by Crippen LogP contribution is -2.48. The summed E-state index contributed by atoms with van der Waals surface area (Å²) in [4.78, 5) is 12.5. The van der Waals surface area contributed by atoms with Gasteiger partial charge in [-0.15, -0.1) is 24.2 Å². The summed E-state index contributed by atoms with van der Waals surface area (Å²) in [7, 11) is 3.32. The molecule has 1 aromatic rings. The quantitative estimate of drug-likeness (QED) is 0.768. The maximum absolute atomic E-state index is 12.5. The van der Waals surface area contributed by atoms with E-state index in [9.17, 15) is 4.79 Å². The molecule has 2 N–H and O–H groups in total. The Hall–Kier alpha value is -1.11. The van der Waals surface area contributed by atoms with Gasteiger partial charge in [-0.3, -0.25) is 10.1 Å². The number of methoxy groups -OCH3 is 2. The zero-order valence-corrected chi connectivity index (χ0v) is 17.1. The highest BCUT2D eigenvalue weighted by atomic mass is 35.5. The number of rotatable bonds is 6. The van der Waals surface area contributed by atoms with Crippen molar-refractivity contribution < 1.29 is 14.3 Å². The van der Waals surface area contributed by atoms with Crippen molar-refractivity contribution in [3.05, 3.63) is 23.8 Å². The normalized spacial score (nSPS) is 21.5. The van der Waals surface area contributed by atoms with Crippen molar-refractivity contribution in [2.75, 3.05) is 32.4 Å². The Balaban J connectivity index is 0.00000243. The second-order valence-corrected chi connectivity index (χ2v) is 7.93. The second kappa shape index (κ2) is 9.72. The van der Waals surface area contributed by atoms with Crippen LogP contribution >= 0.6 is 24.2 Å². The van der Waals surface area contributed by atoms with Crippen LogP contribution in [0.2, 0.25) is 0 Å². The first kappa shape index (κ1) is 21.2. The van der Waals surface area contributed by atoms with Crippen LogP contribution in [0, 0.1) is 0 Å². The number of carbonyl (C=O) groups excluding carboxylic acids is 1. The third kappa shape index (κ3) is 4.59. The molecule has 0 radical (unpaired) electrons. The van der Waals surface area contributed by atoms with Crippen LogP contribution in [0.25, 0.3) is 0 Å². The molecule has 1 atom stereocenters. The number of ether oxygens (including phenoxy) is 2. The number of halogens is 1. The fourth-order valence-electron chi connectivity index (χ4n) is 3.91. The molecule has 2 aliphatic rings. The smallest absolute Gasteiger partial charge is 0.238 e. The Morgan fingerprint density at radius 3 is 2.58 bits per heavy atom. The minimum absolute atomic E-state index is 0. The second-order valence-electron chi connectivity index (χ2n) is 6.90. The molecule has 3 rings (SSSR count). The van der Waals surface area contributed by atoms with Crippen LogP contribution in [0.15, 0.2) is 18.2 Å². The van der Waals surface area contributed by atoms with E-state index in [1.54, 1.807) is 26.0 Å². The van der Waals surface area contributed by atoms with Gasteiger partial charge in [0.1, 0.15) is 0 Å². The summed E-state index contributed by atoms with van der Waals surface area (Å²) in [5.74, 6) is 3.34. The lowest BCUT2D eigenvalue weighted by atomic mass is 9.69. The molecule has 1 saturated heterocycles. The Morgan fingerprint density at radius 1 is 1.23 bits per heavy atom. The Bertz CT molecular complexity index is 602. The largest absolute Gasteiger partial charge is 0.493 e. The van der Waals surface area contributed by atoms with E-state index in [-0.39, 0.29) is 29.8 Å². The van der Waals surface area contributed by atoms with Gasteiger partial charge < -0.3 is 14.8 Å². The fourth-order valence-corrected chi connectivity index (χ4v) is 4.85. The van der Waals surface area contributed by atoms with E-state index in [1.807, 2.05) is 6.07 Å². The Labute approximate surface area is 166 Å². The molecular weight excluding hydrogens is 372 g/mol. The van der Waals surface area contributed by atoms with Gasteiger partial charge in [0.15, 0.2) is 11.5 Å². The van der Waals surface area contributed by atoms with Gasteiger partial charge in [0.05, 0.1) is 20.3 Å². The van der Waals surface area contributed by atoms with Crippen LogP contribution < -0.4 is 20.1 Å². The van der Waals surface area contributed by atoms with Gasteiger partial charge in [0, 0.05) is 23.6 Å². The number of thioether (sulfide) groups is 1. The lowest BCUT2D eigenvalue weighted by molar-refractivity contribution is -0.122. The van der Waals surface area contributed by atoms with Crippen molar-refractivity contribution >= 4 is 30.1 Å². The van der Waals surface area contributed by atoms with E-state index in [0.717, 1.165) is 36.0 Å². The number of amides is 1. The van der Waals surface area contributed by atoms with Gasteiger partial charge in [-0.25, -0.2) is 0 Å². The summed E-state index contributed by atoms with van der Waals surface area (Å²) in [6.45, 7) is 0.685. The summed E-state index contributed by atoms with van der Waals surface area (Å²) in [5.41, 5.74) is 1.22. The summed E-state index contributed by atoms with van der Waals surface area (Å²) < 4.78 is 10.9. The number of hydrogen-bond acceptors (Lipinski definition) is 5. The van der Waals surface area contributed by atoms with Gasteiger partial charge >= 0.3 is 0 Å². The maximum Gasteiger partial charge on any atom is 0.238 e. The molecule has 1 heterocycles. The van der Waals surface area contributed by atoms with Crippen molar-refractivity contribution in [3.8, 4) is 11.5 Å². The first-order valence-corrected chi connectivity index (χ1v) is 10.2. The number of hydrogen-bond donors (Lipinski definition) is 2. The lowest BCUT2D eigenvalue weighted by Gasteiger charge is -2.38. The van der Waals surface area contributed by atoms with E-state index >= 15 is 0 Å². The predicted molar refractivity (Wildman–Crippen MR) is 109 cm³/mol. The standard InChI is InChI=1S/C19H28N2O3S.ClH/c1-23-16-7-6-14(10-17(16)24-2)19(8-4-3-5-9-19)12-20-18(22)15-11-25-13-21-15;/h6-7,10,15,21H,3-5,8-9,11-13H2,1-2H3,(H,20,22);1H. The van der Waals surface area contributed by atoms with Crippen LogP contribution in [0.1, 0.15) is 37.7 Å². The molecular formula is C19H29ClN2O3S. The zero-order chi connectivity index (χ0) is 17.7. The summed E-state index contributed by atoms with van der Waals surface area (Å²) in [6.07, 6.45) is 5.85. The van der Waals surface area contributed by atoms with Gasteiger partial charge in [-0.2, -0.15) is 0 Å². The minimum atomic E-state index is -0.0592. The third-order valence-corrected chi connectivity index (χ3v) is 6.38. The number of nitrogens with one attached hydrogen (secondary N) is 2. The summed E-state index contributed by atoms with van der Waals surface area (Å²) in [5, 5.41) is 6.46. The van der Waals surface area contributed by atoms with E-state index in [1.165, 1.54) is 24.8 Å². The van der Waals surface area contributed by atoms with Crippen molar-refractivity contribution in [2.24, 2.45) is 0 Å². The van der Waals surface area contributed by atoms with Gasteiger partial charge in [0.25, 0.3) is 0 Å².